The molecule has 2 aromatic rings. The fraction of sp³-hybridized carbons (Fsp3) is 0.0588. The van der Waals surface area contributed by atoms with Crippen LogP contribution in [0.15, 0.2) is 54.1 Å². The van der Waals surface area contributed by atoms with Gasteiger partial charge in [-0.05, 0) is 30.7 Å². The van der Waals surface area contributed by atoms with E-state index in [2.05, 4.69) is 5.32 Å². The second-order valence-electron chi connectivity index (χ2n) is 4.98. The van der Waals surface area contributed by atoms with Gasteiger partial charge in [-0.25, -0.2) is 4.79 Å². The molecule has 1 amide bonds. The molecule has 0 unspecified atom stereocenters. The van der Waals surface area contributed by atoms with Crippen LogP contribution in [-0.2, 0) is 4.79 Å². The first kappa shape index (κ1) is 16.9. The summed E-state index contributed by atoms with van der Waals surface area (Å²) in [6, 6.07) is 11.9. The van der Waals surface area contributed by atoms with Crippen LogP contribution in [0.5, 0.6) is 0 Å². The molecule has 0 fully saturated rings. The minimum Gasteiger partial charge on any atom is -0.478 e. The Hall–Kier alpha value is -3.48. The number of nitrogens with one attached hydrogen (secondary N) is 1. The molecule has 7 nitrogen and oxygen atoms in total. The summed E-state index contributed by atoms with van der Waals surface area (Å²) >= 11 is 0. The number of aromatic carboxylic acids is 1. The number of anilines is 1. The average Bonchev–Trinajstić information content (AvgIpc) is 2.55. The van der Waals surface area contributed by atoms with Crippen LogP contribution in [-0.4, -0.2) is 21.9 Å². The Morgan fingerprint density at radius 1 is 1.17 bits per heavy atom. The van der Waals surface area contributed by atoms with Crippen molar-refractivity contribution in [2.75, 3.05) is 5.32 Å². The first-order chi connectivity index (χ1) is 11.4. The van der Waals surface area contributed by atoms with Gasteiger partial charge in [0.05, 0.1) is 16.2 Å². The van der Waals surface area contributed by atoms with Gasteiger partial charge >= 0.3 is 5.97 Å². The number of non-ortho nitro benzene ring substituents is 1. The standard InChI is InChI=1S/C17H14N2O5/c1-11(9-12-5-4-6-13(10-12)19(23)24)16(20)18-15-8-3-2-7-14(15)17(21)22/h2-10H,1H3,(H,18,20)(H,21,22). The number of hydrogen-bond acceptors (Lipinski definition) is 4. The number of nitro groups is 1. The highest BCUT2D eigenvalue weighted by molar-refractivity contribution is 6.09. The fourth-order valence-electron chi connectivity index (χ4n) is 2.04. The third kappa shape index (κ3) is 4.04. The Balaban J connectivity index is 2.22. The first-order valence-electron chi connectivity index (χ1n) is 6.95. The zero-order valence-corrected chi connectivity index (χ0v) is 12.7. The van der Waals surface area contributed by atoms with Crippen molar-refractivity contribution in [3.63, 3.8) is 0 Å². The van der Waals surface area contributed by atoms with Crippen LogP contribution in [0.25, 0.3) is 6.08 Å². The van der Waals surface area contributed by atoms with E-state index in [0.29, 0.717) is 5.56 Å². The molecule has 122 valence electrons. The molecule has 0 aliphatic rings. The van der Waals surface area contributed by atoms with Crippen LogP contribution in [0, 0.1) is 10.1 Å². The topological polar surface area (TPSA) is 110 Å². The van der Waals surface area contributed by atoms with Gasteiger partial charge in [0, 0.05) is 17.7 Å². The van der Waals surface area contributed by atoms with E-state index in [1.807, 2.05) is 0 Å². The minimum atomic E-state index is -1.15. The molecule has 24 heavy (non-hydrogen) atoms. The van der Waals surface area contributed by atoms with Crippen molar-refractivity contribution in [2.45, 2.75) is 6.92 Å². The van der Waals surface area contributed by atoms with Crippen molar-refractivity contribution in [1.82, 2.24) is 0 Å². The van der Waals surface area contributed by atoms with Crippen LogP contribution in [0.3, 0.4) is 0 Å². The molecule has 0 atom stereocenters. The predicted octanol–water partition coefficient (Wildman–Crippen LogP) is 3.34. The smallest absolute Gasteiger partial charge is 0.337 e. The maximum atomic E-state index is 12.2. The molecule has 0 heterocycles. The summed E-state index contributed by atoms with van der Waals surface area (Å²) in [5.74, 6) is -1.64. The molecule has 0 aliphatic heterocycles. The molecule has 2 rings (SSSR count). The largest absolute Gasteiger partial charge is 0.478 e. The van der Waals surface area contributed by atoms with Crippen molar-refractivity contribution in [3.8, 4) is 0 Å². The fourth-order valence-corrected chi connectivity index (χ4v) is 2.04. The van der Waals surface area contributed by atoms with Crippen LogP contribution in [0.2, 0.25) is 0 Å². The Kier molecular flexibility index (Phi) is 5.06. The SMILES string of the molecule is CC(=Cc1cccc([N+](=O)[O-])c1)C(=O)Nc1ccccc1C(=O)O. The minimum absolute atomic E-state index is 0.0194. The number of nitro benzene ring substituents is 1. The lowest BCUT2D eigenvalue weighted by molar-refractivity contribution is -0.384. The highest BCUT2D eigenvalue weighted by atomic mass is 16.6. The Labute approximate surface area is 137 Å². The van der Waals surface area contributed by atoms with Crippen LogP contribution < -0.4 is 5.32 Å². The quantitative estimate of drug-likeness (QED) is 0.497. The average molecular weight is 326 g/mol. The highest BCUT2D eigenvalue weighted by Gasteiger charge is 2.13. The van der Waals surface area contributed by atoms with Gasteiger partial charge in [0.25, 0.3) is 11.6 Å². The third-order valence-electron chi connectivity index (χ3n) is 3.23. The normalized spacial score (nSPS) is 11.0. The number of carboxylic acid groups (broad SMARTS) is 1. The van der Waals surface area contributed by atoms with Crippen LogP contribution in [0.1, 0.15) is 22.8 Å². The first-order valence-corrected chi connectivity index (χ1v) is 6.95. The Morgan fingerprint density at radius 3 is 2.54 bits per heavy atom. The van der Waals surface area contributed by atoms with E-state index in [0.717, 1.165) is 0 Å². The number of benzene rings is 2. The lowest BCUT2D eigenvalue weighted by Crippen LogP contribution is -2.15. The lowest BCUT2D eigenvalue weighted by Gasteiger charge is -2.08. The number of nitrogens with zero attached hydrogens (tertiary/aromatic N) is 1. The molecular formula is C17H14N2O5. The second kappa shape index (κ2) is 7.19. The predicted molar refractivity (Wildman–Crippen MR) is 88.8 cm³/mol. The van der Waals surface area contributed by atoms with Crippen molar-refractivity contribution < 1.29 is 19.6 Å². The number of carbonyl (C=O) groups is 2. The zero-order chi connectivity index (χ0) is 17.7. The molecule has 7 heteroatoms. The van der Waals surface area contributed by atoms with Gasteiger partial charge in [0.2, 0.25) is 0 Å². The van der Waals surface area contributed by atoms with Gasteiger partial charge in [-0.15, -0.1) is 0 Å². The lowest BCUT2D eigenvalue weighted by atomic mass is 10.1. The van der Waals surface area contributed by atoms with Gasteiger partial charge in [0.15, 0.2) is 0 Å². The van der Waals surface area contributed by atoms with E-state index in [1.54, 1.807) is 18.2 Å². The van der Waals surface area contributed by atoms with Crippen molar-refractivity contribution >= 4 is 29.3 Å². The van der Waals surface area contributed by atoms with Crippen molar-refractivity contribution in [2.24, 2.45) is 0 Å². The van der Waals surface area contributed by atoms with E-state index in [1.165, 1.54) is 43.3 Å². The summed E-state index contributed by atoms with van der Waals surface area (Å²) in [6.07, 6.45) is 1.49. The maximum Gasteiger partial charge on any atom is 0.337 e. The summed E-state index contributed by atoms with van der Waals surface area (Å²) in [4.78, 5) is 33.6. The molecule has 2 N–H and O–H groups in total. The van der Waals surface area contributed by atoms with Crippen molar-refractivity contribution in [3.05, 3.63) is 75.3 Å². The molecule has 0 bridgehead atoms. The van der Waals surface area contributed by atoms with E-state index in [9.17, 15) is 19.7 Å². The molecule has 0 aliphatic carbocycles. The van der Waals surface area contributed by atoms with Gasteiger partial charge in [-0.1, -0.05) is 24.3 Å². The Morgan fingerprint density at radius 2 is 1.88 bits per heavy atom. The maximum absolute atomic E-state index is 12.2. The van der Waals surface area contributed by atoms with Gasteiger partial charge < -0.3 is 10.4 Å². The third-order valence-corrected chi connectivity index (χ3v) is 3.23. The number of carbonyl (C=O) groups excluding carboxylic acids is 1. The van der Waals surface area contributed by atoms with Gasteiger partial charge in [0.1, 0.15) is 0 Å². The molecule has 2 aromatic carbocycles. The Bertz CT molecular complexity index is 842. The molecule has 0 saturated carbocycles. The van der Waals surface area contributed by atoms with E-state index in [4.69, 9.17) is 5.11 Å². The summed E-state index contributed by atoms with van der Waals surface area (Å²) in [5.41, 5.74) is 0.878. The van der Waals surface area contributed by atoms with Gasteiger partial charge in [-0.2, -0.15) is 0 Å². The van der Waals surface area contributed by atoms with Gasteiger partial charge in [-0.3, -0.25) is 14.9 Å². The number of carboxylic acids is 1. The number of rotatable bonds is 5. The zero-order valence-electron chi connectivity index (χ0n) is 12.7. The van der Waals surface area contributed by atoms with Crippen molar-refractivity contribution in [1.29, 1.82) is 0 Å². The number of para-hydroxylation sites is 1. The molecule has 0 radical (unpaired) electrons. The van der Waals surface area contributed by atoms with E-state index in [-0.39, 0.29) is 22.5 Å². The summed E-state index contributed by atoms with van der Waals surface area (Å²) in [7, 11) is 0. The molecule has 0 saturated heterocycles. The molecular weight excluding hydrogens is 312 g/mol. The number of amides is 1. The highest BCUT2D eigenvalue weighted by Crippen LogP contribution is 2.18. The monoisotopic (exact) mass is 326 g/mol. The van der Waals surface area contributed by atoms with E-state index >= 15 is 0 Å². The summed E-state index contributed by atoms with van der Waals surface area (Å²) < 4.78 is 0. The van der Waals surface area contributed by atoms with Crippen LogP contribution in [0.4, 0.5) is 11.4 Å². The van der Waals surface area contributed by atoms with E-state index < -0.39 is 16.8 Å². The molecule has 0 aromatic heterocycles. The second-order valence-corrected chi connectivity index (χ2v) is 4.98. The molecule has 0 spiro atoms. The number of hydrogen-bond donors (Lipinski definition) is 2. The summed E-state index contributed by atoms with van der Waals surface area (Å²) in [5, 5.41) is 22.4. The summed E-state index contributed by atoms with van der Waals surface area (Å²) in [6.45, 7) is 1.54. The van der Waals surface area contributed by atoms with Crippen LogP contribution >= 0.6 is 0 Å².